The summed E-state index contributed by atoms with van der Waals surface area (Å²) >= 11 is 0. The summed E-state index contributed by atoms with van der Waals surface area (Å²) in [4.78, 5) is 12.8. The number of benzene rings is 1. The van der Waals surface area contributed by atoms with Crippen LogP contribution in [0, 0.1) is 18.3 Å². The van der Waals surface area contributed by atoms with Crippen LogP contribution in [0.25, 0.3) is 5.88 Å². The third-order valence-electron chi connectivity index (χ3n) is 4.46. The number of hydrogen-bond donors (Lipinski definition) is 2. The summed E-state index contributed by atoms with van der Waals surface area (Å²) in [5.74, 6) is -0.0523. The van der Waals surface area contributed by atoms with Crippen LogP contribution >= 0.6 is 0 Å². The number of amides is 1. The molecule has 1 aromatic carbocycles. The van der Waals surface area contributed by atoms with E-state index in [1.165, 1.54) is 7.05 Å². The van der Waals surface area contributed by atoms with Gasteiger partial charge in [0, 0.05) is 18.9 Å². The van der Waals surface area contributed by atoms with Gasteiger partial charge in [-0.25, -0.2) is 13.1 Å². The lowest BCUT2D eigenvalue weighted by molar-refractivity contribution is 0.0949. The van der Waals surface area contributed by atoms with E-state index in [1.54, 1.807) is 60.3 Å². The zero-order chi connectivity index (χ0) is 21.0. The highest BCUT2D eigenvalue weighted by Crippen LogP contribution is 2.25. The normalized spacial score (nSPS) is 11.2. The van der Waals surface area contributed by atoms with E-state index in [-0.39, 0.29) is 29.3 Å². The predicted octanol–water partition coefficient (Wildman–Crippen LogP) is 2.23. The fourth-order valence-electron chi connectivity index (χ4n) is 2.97. The zero-order valence-electron chi connectivity index (χ0n) is 16.0. The lowest BCUT2D eigenvalue weighted by Crippen LogP contribution is -2.26. The molecule has 29 heavy (non-hydrogen) atoms. The monoisotopic (exact) mass is 412 g/mol. The molecule has 0 aliphatic rings. The summed E-state index contributed by atoms with van der Waals surface area (Å²) in [6.07, 6.45) is 3.44. The Kier molecular flexibility index (Phi) is 5.87. The van der Waals surface area contributed by atoms with Gasteiger partial charge < -0.3 is 9.73 Å². The molecule has 0 saturated carbocycles. The Hall–Kier alpha value is -3.35. The van der Waals surface area contributed by atoms with Crippen LogP contribution < -0.4 is 10.0 Å². The van der Waals surface area contributed by atoms with Crippen molar-refractivity contribution in [3.8, 4) is 12.0 Å². The van der Waals surface area contributed by atoms with Crippen molar-refractivity contribution in [1.82, 2.24) is 14.6 Å². The Bertz CT molecular complexity index is 1170. The number of rotatable bonds is 7. The molecule has 2 heterocycles. The Morgan fingerprint density at radius 2 is 1.83 bits per heavy atom. The molecule has 0 unspecified atom stereocenters. The van der Waals surface area contributed by atoms with Gasteiger partial charge in [-0.2, -0.15) is 5.26 Å². The van der Waals surface area contributed by atoms with E-state index in [9.17, 15) is 18.5 Å². The van der Waals surface area contributed by atoms with Gasteiger partial charge in [0.25, 0.3) is 5.91 Å². The molecule has 2 aromatic heterocycles. The summed E-state index contributed by atoms with van der Waals surface area (Å²) in [5.41, 5.74) is 1.56. The molecule has 0 aliphatic carbocycles. The fraction of sp³-hybridized carbons (Fsp3) is 0.200. The number of nitrogens with zero attached hydrogens (tertiary/aromatic N) is 2. The maximum absolute atomic E-state index is 12.8. The average molecular weight is 412 g/mol. The molecule has 3 aromatic rings. The number of carbonyl (C=O) groups is 1. The van der Waals surface area contributed by atoms with Crippen LogP contribution in [0.4, 0.5) is 0 Å². The summed E-state index contributed by atoms with van der Waals surface area (Å²) in [5, 5.41) is 12.3. The van der Waals surface area contributed by atoms with Crippen LogP contribution in [0.3, 0.4) is 0 Å². The molecular weight excluding hydrogens is 392 g/mol. The standard InChI is InChI=1S/C20H20N4O4S/c1-14-18(17(11-21)20(28-14)24-9-5-6-10-24)19(25)23-12-15-7-3-4-8-16(15)13-29(26,27)22-2/h3-10,22H,12-13H2,1-2H3,(H,23,25). The van der Waals surface area contributed by atoms with Gasteiger partial charge in [-0.05, 0) is 37.2 Å². The zero-order valence-corrected chi connectivity index (χ0v) is 16.8. The van der Waals surface area contributed by atoms with Crippen molar-refractivity contribution in [2.75, 3.05) is 7.05 Å². The molecule has 1 amide bonds. The van der Waals surface area contributed by atoms with Crippen LogP contribution in [0.2, 0.25) is 0 Å². The molecule has 150 valence electrons. The van der Waals surface area contributed by atoms with Crippen molar-refractivity contribution in [2.45, 2.75) is 19.2 Å². The molecule has 0 radical (unpaired) electrons. The van der Waals surface area contributed by atoms with E-state index < -0.39 is 15.9 Å². The van der Waals surface area contributed by atoms with Gasteiger partial charge in [-0.3, -0.25) is 9.36 Å². The molecule has 0 spiro atoms. The highest BCUT2D eigenvalue weighted by molar-refractivity contribution is 7.88. The first-order valence-corrected chi connectivity index (χ1v) is 10.4. The summed E-state index contributed by atoms with van der Waals surface area (Å²) in [7, 11) is -2.09. The minimum Gasteiger partial charge on any atom is -0.443 e. The Morgan fingerprint density at radius 3 is 2.45 bits per heavy atom. The number of aryl methyl sites for hydroxylation is 1. The number of nitriles is 1. The van der Waals surface area contributed by atoms with E-state index >= 15 is 0 Å². The number of aromatic nitrogens is 1. The van der Waals surface area contributed by atoms with Gasteiger partial charge in [-0.1, -0.05) is 24.3 Å². The van der Waals surface area contributed by atoms with E-state index in [0.717, 1.165) is 0 Å². The third kappa shape index (κ3) is 4.39. The van der Waals surface area contributed by atoms with Crippen LogP contribution in [0.1, 0.15) is 32.8 Å². The van der Waals surface area contributed by atoms with Crippen molar-refractivity contribution < 1.29 is 17.6 Å². The van der Waals surface area contributed by atoms with Crippen LogP contribution in [0.5, 0.6) is 0 Å². The lowest BCUT2D eigenvalue weighted by atomic mass is 10.1. The molecule has 8 nitrogen and oxygen atoms in total. The van der Waals surface area contributed by atoms with E-state index in [0.29, 0.717) is 16.9 Å². The molecule has 9 heteroatoms. The summed E-state index contributed by atoms with van der Waals surface area (Å²) in [6, 6.07) is 12.6. The maximum atomic E-state index is 12.8. The minimum atomic E-state index is -3.45. The summed E-state index contributed by atoms with van der Waals surface area (Å²) < 4.78 is 33.3. The maximum Gasteiger partial charge on any atom is 0.256 e. The van der Waals surface area contributed by atoms with E-state index in [2.05, 4.69) is 10.0 Å². The first-order chi connectivity index (χ1) is 13.9. The molecule has 3 rings (SSSR count). The molecule has 2 N–H and O–H groups in total. The van der Waals surface area contributed by atoms with Crippen LogP contribution in [0.15, 0.2) is 53.2 Å². The van der Waals surface area contributed by atoms with Gasteiger partial charge >= 0.3 is 0 Å². The van der Waals surface area contributed by atoms with Crippen molar-refractivity contribution in [2.24, 2.45) is 0 Å². The Labute approximate surface area is 168 Å². The summed E-state index contributed by atoms with van der Waals surface area (Å²) in [6.45, 7) is 1.73. The van der Waals surface area contributed by atoms with Crippen molar-refractivity contribution in [1.29, 1.82) is 5.26 Å². The second-order valence-electron chi connectivity index (χ2n) is 6.33. The van der Waals surface area contributed by atoms with E-state index in [1.807, 2.05) is 6.07 Å². The first-order valence-electron chi connectivity index (χ1n) is 8.79. The van der Waals surface area contributed by atoms with Crippen molar-refractivity contribution in [3.63, 3.8) is 0 Å². The number of sulfonamides is 1. The number of furan rings is 1. The topological polar surface area (TPSA) is 117 Å². The van der Waals surface area contributed by atoms with Crippen LogP contribution in [-0.4, -0.2) is 25.9 Å². The average Bonchev–Trinajstić information content (AvgIpc) is 3.34. The highest BCUT2D eigenvalue weighted by atomic mass is 32.2. The molecule has 0 bridgehead atoms. The van der Waals surface area contributed by atoms with Gasteiger partial charge in [0.2, 0.25) is 15.9 Å². The molecule has 0 saturated heterocycles. The van der Waals surface area contributed by atoms with Gasteiger partial charge in [0.1, 0.15) is 23.0 Å². The minimum absolute atomic E-state index is 0.114. The highest BCUT2D eigenvalue weighted by Gasteiger charge is 2.24. The Balaban J connectivity index is 1.84. The first kappa shape index (κ1) is 20.4. The van der Waals surface area contributed by atoms with Crippen molar-refractivity contribution in [3.05, 3.63) is 76.8 Å². The second-order valence-corrected chi connectivity index (χ2v) is 8.26. The van der Waals surface area contributed by atoms with Crippen molar-refractivity contribution >= 4 is 15.9 Å². The largest absolute Gasteiger partial charge is 0.443 e. The molecule has 0 aliphatic heterocycles. The van der Waals surface area contributed by atoms with Gasteiger partial charge in [-0.15, -0.1) is 0 Å². The van der Waals surface area contributed by atoms with Crippen LogP contribution in [-0.2, 0) is 22.3 Å². The third-order valence-corrected chi connectivity index (χ3v) is 5.77. The quantitative estimate of drug-likeness (QED) is 0.617. The number of carbonyl (C=O) groups excluding carboxylic acids is 1. The molecule has 0 atom stereocenters. The lowest BCUT2D eigenvalue weighted by Gasteiger charge is -2.11. The number of nitrogens with one attached hydrogen (secondary N) is 2. The fourth-order valence-corrected chi connectivity index (χ4v) is 3.81. The van der Waals surface area contributed by atoms with E-state index in [4.69, 9.17) is 4.42 Å². The van der Waals surface area contributed by atoms with Gasteiger partial charge in [0.15, 0.2) is 0 Å². The number of hydrogen-bond acceptors (Lipinski definition) is 5. The predicted molar refractivity (Wildman–Crippen MR) is 107 cm³/mol. The Morgan fingerprint density at radius 1 is 1.17 bits per heavy atom. The molecule has 0 fully saturated rings. The van der Waals surface area contributed by atoms with Gasteiger partial charge in [0.05, 0.1) is 5.75 Å². The SMILES string of the molecule is CNS(=O)(=O)Cc1ccccc1CNC(=O)c1c(C)oc(-n2cccc2)c1C#N. The smallest absolute Gasteiger partial charge is 0.256 e. The molecular formula is C20H20N4O4S. The second kappa shape index (κ2) is 8.34.